The lowest BCUT2D eigenvalue weighted by atomic mass is 10.0. The van der Waals surface area contributed by atoms with Gasteiger partial charge >= 0.3 is 5.97 Å². The predicted octanol–water partition coefficient (Wildman–Crippen LogP) is 4.06. The molecule has 25 heavy (non-hydrogen) atoms. The average Bonchev–Trinajstić information content (AvgIpc) is 2.97. The fourth-order valence-electron chi connectivity index (χ4n) is 2.40. The van der Waals surface area contributed by atoms with E-state index < -0.39 is 5.97 Å². The Morgan fingerprint density at radius 3 is 2.52 bits per heavy atom. The van der Waals surface area contributed by atoms with Gasteiger partial charge in [0.25, 0.3) is 0 Å². The molecule has 0 aliphatic rings. The molecular weight excluding hydrogens is 338 g/mol. The van der Waals surface area contributed by atoms with E-state index in [-0.39, 0.29) is 11.0 Å². The van der Waals surface area contributed by atoms with Crippen LogP contribution in [-0.4, -0.2) is 32.1 Å². The molecule has 0 bridgehead atoms. The number of carboxylic acids is 1. The summed E-state index contributed by atoms with van der Waals surface area (Å²) in [7, 11) is 0. The van der Waals surface area contributed by atoms with Crippen molar-refractivity contribution >= 4 is 17.3 Å². The lowest BCUT2D eigenvalue weighted by molar-refractivity contribution is 0.0701. The van der Waals surface area contributed by atoms with Crippen LogP contribution in [0, 0.1) is 6.92 Å². The van der Waals surface area contributed by atoms with Gasteiger partial charge < -0.3 is 9.84 Å². The second-order valence-electron chi connectivity index (χ2n) is 5.74. The van der Waals surface area contributed by atoms with Crippen LogP contribution < -0.4 is 4.74 Å². The quantitative estimate of drug-likeness (QED) is 0.743. The summed E-state index contributed by atoms with van der Waals surface area (Å²) in [5.41, 5.74) is 3.01. The first-order valence-corrected chi connectivity index (χ1v) is 8.54. The Bertz CT molecular complexity index is 907. The fraction of sp³-hybridized carbons (Fsp3) is 0.222. The normalized spacial score (nSPS) is 10.9. The summed E-state index contributed by atoms with van der Waals surface area (Å²) < 4.78 is 5.89. The Morgan fingerprint density at radius 1 is 1.20 bits per heavy atom. The number of aromatic nitrogens is 3. The van der Waals surface area contributed by atoms with Crippen molar-refractivity contribution in [3.05, 3.63) is 47.5 Å². The van der Waals surface area contributed by atoms with Crippen LogP contribution in [0.3, 0.4) is 0 Å². The Labute approximate surface area is 149 Å². The SMILES string of the molecule is Cc1nc(-c2ccc(OC(C)C)c(-c3cncnc3)c2)sc1C(=O)O. The van der Waals surface area contributed by atoms with Gasteiger partial charge in [-0.05, 0) is 39.0 Å². The standard InChI is InChI=1S/C18H17N3O3S/c1-10(2)24-15-5-4-12(6-14(15)13-7-19-9-20-8-13)17-21-11(3)16(25-17)18(22)23/h4-10H,1-3H3,(H,22,23). The van der Waals surface area contributed by atoms with Crippen molar-refractivity contribution in [1.82, 2.24) is 15.0 Å². The minimum atomic E-state index is -0.960. The Kier molecular flexibility index (Phi) is 4.76. The highest BCUT2D eigenvalue weighted by atomic mass is 32.1. The third kappa shape index (κ3) is 3.66. The third-order valence-electron chi connectivity index (χ3n) is 3.45. The molecular formula is C18H17N3O3S. The molecule has 7 heteroatoms. The van der Waals surface area contributed by atoms with Crippen LogP contribution in [-0.2, 0) is 0 Å². The van der Waals surface area contributed by atoms with Gasteiger partial charge in [-0.1, -0.05) is 0 Å². The molecule has 0 spiro atoms. The number of benzene rings is 1. The van der Waals surface area contributed by atoms with E-state index in [9.17, 15) is 9.90 Å². The molecule has 6 nitrogen and oxygen atoms in total. The summed E-state index contributed by atoms with van der Waals surface area (Å²) in [5.74, 6) is -0.238. The summed E-state index contributed by atoms with van der Waals surface area (Å²) in [6, 6.07) is 5.68. The van der Waals surface area contributed by atoms with Crippen LogP contribution in [0.5, 0.6) is 5.75 Å². The molecule has 0 aliphatic carbocycles. The number of thiazole rings is 1. The van der Waals surface area contributed by atoms with Crippen LogP contribution in [0.15, 0.2) is 36.9 Å². The molecule has 2 aromatic heterocycles. The first-order chi connectivity index (χ1) is 12.0. The number of hydrogen-bond donors (Lipinski definition) is 1. The summed E-state index contributed by atoms with van der Waals surface area (Å²) in [6.07, 6.45) is 4.93. The second-order valence-corrected chi connectivity index (χ2v) is 6.74. The van der Waals surface area contributed by atoms with Crippen molar-refractivity contribution in [2.24, 2.45) is 0 Å². The number of aromatic carboxylic acids is 1. The Hall–Kier alpha value is -2.80. The van der Waals surface area contributed by atoms with E-state index in [1.165, 1.54) is 6.33 Å². The van der Waals surface area contributed by atoms with Gasteiger partial charge in [0.05, 0.1) is 11.8 Å². The van der Waals surface area contributed by atoms with Gasteiger partial charge in [-0.25, -0.2) is 19.7 Å². The molecule has 3 aromatic rings. The Balaban J connectivity index is 2.11. The highest BCUT2D eigenvalue weighted by Gasteiger charge is 2.17. The van der Waals surface area contributed by atoms with Gasteiger partial charge in [-0.3, -0.25) is 0 Å². The van der Waals surface area contributed by atoms with Crippen LogP contribution >= 0.6 is 11.3 Å². The van der Waals surface area contributed by atoms with Crippen LogP contribution in [0.2, 0.25) is 0 Å². The van der Waals surface area contributed by atoms with Gasteiger partial charge in [0.1, 0.15) is 22.0 Å². The van der Waals surface area contributed by atoms with Crippen molar-refractivity contribution in [3.8, 4) is 27.4 Å². The van der Waals surface area contributed by atoms with Gasteiger partial charge in [-0.2, -0.15) is 0 Å². The zero-order valence-corrected chi connectivity index (χ0v) is 14.9. The Morgan fingerprint density at radius 2 is 1.92 bits per heavy atom. The van der Waals surface area contributed by atoms with Crippen LogP contribution in [0.25, 0.3) is 21.7 Å². The minimum absolute atomic E-state index is 0.0231. The second kappa shape index (κ2) is 6.98. The molecule has 0 saturated heterocycles. The third-order valence-corrected chi connectivity index (χ3v) is 4.65. The summed E-state index contributed by atoms with van der Waals surface area (Å²) >= 11 is 1.16. The lowest BCUT2D eigenvalue weighted by Crippen LogP contribution is -2.06. The summed E-state index contributed by atoms with van der Waals surface area (Å²) in [4.78, 5) is 24.0. The molecule has 0 fully saturated rings. The molecule has 0 unspecified atom stereocenters. The molecule has 1 N–H and O–H groups in total. The predicted molar refractivity (Wildman–Crippen MR) is 96.0 cm³/mol. The number of hydrogen-bond acceptors (Lipinski definition) is 6. The van der Waals surface area contributed by atoms with Crippen molar-refractivity contribution < 1.29 is 14.6 Å². The number of carbonyl (C=O) groups is 1. The van der Waals surface area contributed by atoms with Gasteiger partial charge in [0.15, 0.2) is 0 Å². The number of nitrogens with zero attached hydrogens (tertiary/aromatic N) is 3. The van der Waals surface area contributed by atoms with Gasteiger partial charge in [0.2, 0.25) is 0 Å². The van der Waals surface area contributed by atoms with Crippen molar-refractivity contribution in [2.45, 2.75) is 26.9 Å². The van der Waals surface area contributed by atoms with E-state index in [1.54, 1.807) is 19.3 Å². The van der Waals surface area contributed by atoms with Crippen molar-refractivity contribution in [2.75, 3.05) is 0 Å². The average molecular weight is 355 g/mol. The first-order valence-electron chi connectivity index (χ1n) is 7.73. The molecule has 0 radical (unpaired) electrons. The smallest absolute Gasteiger partial charge is 0.347 e. The van der Waals surface area contributed by atoms with E-state index in [0.717, 1.165) is 33.8 Å². The number of ether oxygens (including phenoxy) is 1. The number of carboxylic acid groups (broad SMARTS) is 1. The molecule has 0 aliphatic heterocycles. The lowest BCUT2D eigenvalue weighted by Gasteiger charge is -2.15. The summed E-state index contributed by atoms with van der Waals surface area (Å²) in [6.45, 7) is 5.62. The van der Waals surface area contributed by atoms with Gasteiger partial charge in [0, 0.05) is 29.1 Å². The van der Waals surface area contributed by atoms with Gasteiger partial charge in [-0.15, -0.1) is 11.3 Å². The molecule has 0 atom stereocenters. The zero-order chi connectivity index (χ0) is 18.0. The van der Waals surface area contributed by atoms with Crippen LogP contribution in [0.1, 0.15) is 29.2 Å². The maximum atomic E-state index is 11.3. The zero-order valence-electron chi connectivity index (χ0n) is 14.1. The fourth-order valence-corrected chi connectivity index (χ4v) is 3.30. The molecule has 0 saturated carbocycles. The molecule has 0 amide bonds. The van der Waals surface area contributed by atoms with E-state index in [4.69, 9.17) is 4.74 Å². The monoisotopic (exact) mass is 355 g/mol. The van der Waals surface area contributed by atoms with E-state index in [0.29, 0.717) is 10.7 Å². The highest BCUT2D eigenvalue weighted by Crippen LogP contribution is 2.36. The van der Waals surface area contributed by atoms with E-state index in [2.05, 4.69) is 15.0 Å². The largest absolute Gasteiger partial charge is 0.490 e. The van der Waals surface area contributed by atoms with Crippen LogP contribution in [0.4, 0.5) is 0 Å². The highest BCUT2D eigenvalue weighted by molar-refractivity contribution is 7.17. The molecule has 128 valence electrons. The number of rotatable bonds is 5. The molecule has 2 heterocycles. The van der Waals surface area contributed by atoms with Crippen molar-refractivity contribution in [3.63, 3.8) is 0 Å². The minimum Gasteiger partial charge on any atom is -0.490 e. The topological polar surface area (TPSA) is 85.2 Å². The van der Waals surface area contributed by atoms with E-state index in [1.807, 2.05) is 32.0 Å². The molecule has 1 aromatic carbocycles. The maximum Gasteiger partial charge on any atom is 0.347 e. The number of aryl methyl sites for hydroxylation is 1. The maximum absolute atomic E-state index is 11.3. The first kappa shape index (κ1) is 17.0. The summed E-state index contributed by atoms with van der Waals surface area (Å²) in [5, 5.41) is 9.89. The molecule has 3 rings (SSSR count). The van der Waals surface area contributed by atoms with E-state index >= 15 is 0 Å². The van der Waals surface area contributed by atoms with Crippen molar-refractivity contribution in [1.29, 1.82) is 0 Å².